The first kappa shape index (κ1) is 20.3. The SMILES string of the molecule is CCN(C)/C=N\c1cc(C)c(/C=N/OCc2cc(Cl)cc(Cl)c2)cc1C. The van der Waals surface area contributed by atoms with E-state index in [2.05, 4.69) is 23.1 Å². The average Bonchev–Trinajstić information content (AvgIpc) is 2.58. The number of hydrogen-bond acceptors (Lipinski definition) is 3. The van der Waals surface area contributed by atoms with Crippen molar-refractivity contribution in [1.82, 2.24) is 4.90 Å². The number of aliphatic imine (C=N–C) groups is 1. The molecule has 0 saturated carbocycles. The van der Waals surface area contributed by atoms with Gasteiger partial charge in [0.25, 0.3) is 0 Å². The van der Waals surface area contributed by atoms with Gasteiger partial charge in [-0.1, -0.05) is 28.4 Å². The molecule has 26 heavy (non-hydrogen) atoms. The number of aryl methyl sites for hydroxylation is 2. The summed E-state index contributed by atoms with van der Waals surface area (Å²) in [5, 5.41) is 5.22. The Hall–Kier alpha value is -2.04. The van der Waals surface area contributed by atoms with Crippen LogP contribution in [-0.2, 0) is 11.4 Å². The minimum Gasteiger partial charge on any atom is -0.391 e. The Labute approximate surface area is 165 Å². The fourth-order valence-corrected chi connectivity index (χ4v) is 2.82. The summed E-state index contributed by atoms with van der Waals surface area (Å²) in [7, 11) is 2.00. The highest BCUT2D eigenvalue weighted by atomic mass is 35.5. The predicted octanol–water partition coefficient (Wildman–Crippen LogP) is 5.77. The maximum atomic E-state index is 5.97. The molecule has 4 nitrogen and oxygen atoms in total. The fraction of sp³-hybridized carbons (Fsp3) is 0.300. The van der Waals surface area contributed by atoms with Crippen molar-refractivity contribution in [2.45, 2.75) is 27.4 Å². The van der Waals surface area contributed by atoms with Crippen molar-refractivity contribution in [3.63, 3.8) is 0 Å². The molecule has 0 aromatic heterocycles. The van der Waals surface area contributed by atoms with Gasteiger partial charge in [-0.15, -0.1) is 0 Å². The van der Waals surface area contributed by atoms with Gasteiger partial charge in [0, 0.05) is 23.6 Å². The van der Waals surface area contributed by atoms with Crippen LogP contribution in [0.25, 0.3) is 0 Å². The number of hydrogen-bond donors (Lipinski definition) is 0. The van der Waals surface area contributed by atoms with E-state index in [1.54, 1.807) is 24.4 Å². The van der Waals surface area contributed by atoms with E-state index >= 15 is 0 Å². The van der Waals surface area contributed by atoms with Gasteiger partial charge in [-0.3, -0.25) is 0 Å². The van der Waals surface area contributed by atoms with Crippen molar-refractivity contribution in [3.8, 4) is 0 Å². The minimum absolute atomic E-state index is 0.306. The zero-order chi connectivity index (χ0) is 19.1. The highest BCUT2D eigenvalue weighted by Crippen LogP contribution is 2.23. The van der Waals surface area contributed by atoms with E-state index < -0.39 is 0 Å². The normalized spacial score (nSPS) is 11.5. The molecule has 2 aromatic carbocycles. The van der Waals surface area contributed by atoms with Gasteiger partial charge in [0.1, 0.15) is 6.61 Å². The zero-order valence-electron chi connectivity index (χ0n) is 15.5. The predicted molar refractivity (Wildman–Crippen MR) is 111 cm³/mol. The first-order chi connectivity index (χ1) is 12.4. The average molecular weight is 392 g/mol. The summed E-state index contributed by atoms with van der Waals surface area (Å²) < 4.78 is 0. The van der Waals surface area contributed by atoms with E-state index in [4.69, 9.17) is 28.0 Å². The lowest BCUT2D eigenvalue weighted by atomic mass is 10.0. The summed E-state index contributed by atoms with van der Waals surface area (Å²) in [5.41, 5.74) is 4.99. The third kappa shape index (κ3) is 6.04. The molecule has 0 aliphatic carbocycles. The Kier molecular flexibility index (Phi) is 7.49. The van der Waals surface area contributed by atoms with E-state index in [1.807, 2.05) is 38.2 Å². The molecule has 0 atom stereocenters. The van der Waals surface area contributed by atoms with E-state index in [0.717, 1.165) is 34.5 Å². The number of halogens is 2. The second kappa shape index (κ2) is 9.60. The van der Waals surface area contributed by atoms with Gasteiger partial charge in [0.15, 0.2) is 0 Å². The summed E-state index contributed by atoms with van der Waals surface area (Å²) in [4.78, 5) is 11.9. The van der Waals surface area contributed by atoms with Crippen LogP contribution in [0, 0.1) is 13.8 Å². The van der Waals surface area contributed by atoms with E-state index in [0.29, 0.717) is 16.7 Å². The van der Waals surface area contributed by atoms with E-state index in [1.165, 1.54) is 0 Å². The summed E-state index contributed by atoms with van der Waals surface area (Å²) in [6, 6.07) is 9.39. The van der Waals surface area contributed by atoms with Crippen molar-refractivity contribution in [3.05, 3.63) is 62.6 Å². The maximum absolute atomic E-state index is 5.97. The van der Waals surface area contributed by atoms with Gasteiger partial charge in [0.2, 0.25) is 0 Å². The van der Waals surface area contributed by atoms with Gasteiger partial charge in [0.05, 0.1) is 18.2 Å². The van der Waals surface area contributed by atoms with Gasteiger partial charge in [-0.05, 0) is 73.4 Å². The highest BCUT2D eigenvalue weighted by Gasteiger charge is 2.03. The molecule has 138 valence electrons. The molecular weight excluding hydrogens is 369 g/mol. The molecule has 2 aromatic rings. The quantitative estimate of drug-likeness (QED) is 0.341. The fourth-order valence-electron chi connectivity index (χ4n) is 2.24. The summed E-state index contributed by atoms with van der Waals surface area (Å²) >= 11 is 11.9. The highest BCUT2D eigenvalue weighted by molar-refractivity contribution is 6.34. The Morgan fingerprint density at radius 3 is 2.38 bits per heavy atom. The van der Waals surface area contributed by atoms with Crippen LogP contribution in [0.1, 0.15) is 29.2 Å². The number of benzene rings is 2. The summed E-state index contributed by atoms with van der Waals surface area (Å²) in [6.45, 7) is 7.37. The van der Waals surface area contributed by atoms with Crippen LogP contribution < -0.4 is 0 Å². The van der Waals surface area contributed by atoms with Crippen molar-refractivity contribution in [1.29, 1.82) is 0 Å². The first-order valence-corrected chi connectivity index (χ1v) is 9.10. The lowest BCUT2D eigenvalue weighted by molar-refractivity contribution is 0.132. The van der Waals surface area contributed by atoms with Crippen molar-refractivity contribution >= 4 is 41.4 Å². The molecule has 0 N–H and O–H groups in total. The minimum atomic E-state index is 0.306. The van der Waals surface area contributed by atoms with Crippen LogP contribution in [0.2, 0.25) is 10.0 Å². The largest absolute Gasteiger partial charge is 0.391 e. The number of nitrogens with zero attached hydrogens (tertiary/aromatic N) is 3. The van der Waals surface area contributed by atoms with Gasteiger partial charge in [-0.25, -0.2) is 4.99 Å². The molecule has 0 aliphatic heterocycles. The van der Waals surface area contributed by atoms with Gasteiger partial charge >= 0.3 is 0 Å². The van der Waals surface area contributed by atoms with Crippen LogP contribution >= 0.6 is 23.2 Å². The van der Waals surface area contributed by atoms with Crippen molar-refractivity contribution in [2.75, 3.05) is 13.6 Å². The van der Waals surface area contributed by atoms with E-state index in [-0.39, 0.29) is 0 Å². The monoisotopic (exact) mass is 391 g/mol. The molecule has 0 saturated heterocycles. The van der Waals surface area contributed by atoms with Gasteiger partial charge < -0.3 is 9.74 Å². The van der Waals surface area contributed by atoms with Crippen molar-refractivity contribution in [2.24, 2.45) is 10.1 Å². The standard InChI is InChI=1S/C20H23Cl2N3O/c1-5-25(4)13-23-20-7-14(2)17(6-15(20)3)11-24-26-12-16-8-18(21)10-19(22)9-16/h6-11,13H,5,12H2,1-4H3/b23-13-,24-11+. The Balaban J connectivity index is 2.03. The first-order valence-electron chi connectivity index (χ1n) is 8.35. The second-order valence-electron chi connectivity index (χ2n) is 6.10. The molecule has 0 amide bonds. The van der Waals surface area contributed by atoms with E-state index in [9.17, 15) is 0 Å². The topological polar surface area (TPSA) is 37.2 Å². The molecule has 0 aliphatic rings. The molecule has 0 heterocycles. The molecule has 0 fully saturated rings. The summed E-state index contributed by atoms with van der Waals surface area (Å²) in [5.74, 6) is 0. The molecule has 0 unspecified atom stereocenters. The van der Waals surface area contributed by atoms with Gasteiger partial charge in [-0.2, -0.15) is 0 Å². The Morgan fingerprint density at radius 2 is 1.73 bits per heavy atom. The lowest BCUT2D eigenvalue weighted by Crippen LogP contribution is -2.14. The third-order valence-corrected chi connectivity index (χ3v) is 4.33. The zero-order valence-corrected chi connectivity index (χ0v) is 17.0. The van der Waals surface area contributed by atoms with Crippen molar-refractivity contribution < 1.29 is 4.84 Å². The molecule has 0 bridgehead atoms. The van der Waals surface area contributed by atoms with Crippen LogP contribution in [0.3, 0.4) is 0 Å². The maximum Gasteiger partial charge on any atom is 0.142 e. The van der Waals surface area contributed by atoms with Crippen LogP contribution in [0.15, 0.2) is 40.5 Å². The van der Waals surface area contributed by atoms with Crippen LogP contribution in [0.4, 0.5) is 5.69 Å². The molecule has 6 heteroatoms. The molecule has 0 radical (unpaired) electrons. The molecule has 2 rings (SSSR count). The van der Waals surface area contributed by atoms with Crippen LogP contribution in [-0.4, -0.2) is 31.0 Å². The Bertz CT molecular complexity index is 799. The lowest BCUT2D eigenvalue weighted by Gasteiger charge is -2.10. The smallest absolute Gasteiger partial charge is 0.142 e. The Morgan fingerprint density at radius 1 is 1.04 bits per heavy atom. The number of oxime groups is 1. The molecular formula is C20H23Cl2N3O. The second-order valence-corrected chi connectivity index (χ2v) is 6.97. The summed E-state index contributed by atoms with van der Waals surface area (Å²) in [6.07, 6.45) is 3.55. The third-order valence-electron chi connectivity index (χ3n) is 3.90. The van der Waals surface area contributed by atoms with Crippen LogP contribution in [0.5, 0.6) is 0 Å². The number of rotatable bonds is 7. The molecule has 0 spiro atoms.